The topological polar surface area (TPSA) is 46.5 Å². The Bertz CT molecular complexity index is 381. The molecule has 1 saturated heterocycles. The van der Waals surface area contributed by atoms with Crippen molar-refractivity contribution in [2.75, 3.05) is 0 Å². The fourth-order valence-corrected chi connectivity index (χ4v) is 2.90. The Morgan fingerprint density at radius 1 is 1.61 bits per heavy atom. The van der Waals surface area contributed by atoms with Gasteiger partial charge in [0.05, 0.1) is 6.10 Å². The Morgan fingerprint density at radius 2 is 2.33 bits per heavy atom. The van der Waals surface area contributed by atoms with Gasteiger partial charge in [0.15, 0.2) is 0 Å². The summed E-state index contributed by atoms with van der Waals surface area (Å²) in [5, 5.41) is 9.37. The first-order valence-electron chi connectivity index (χ1n) is 6.75. The lowest BCUT2D eigenvalue weighted by Crippen LogP contribution is -2.16. The van der Waals surface area contributed by atoms with E-state index in [1.54, 1.807) is 0 Å². The minimum atomic E-state index is -0.256. The number of carbonyl (C=O) groups excluding carboxylic acids is 1. The summed E-state index contributed by atoms with van der Waals surface area (Å²) in [5.74, 6) is 0.385. The van der Waals surface area contributed by atoms with E-state index in [9.17, 15) is 9.90 Å². The second-order valence-corrected chi connectivity index (χ2v) is 5.61. The van der Waals surface area contributed by atoms with E-state index in [1.807, 2.05) is 6.92 Å². The van der Waals surface area contributed by atoms with Gasteiger partial charge in [-0.05, 0) is 32.1 Å². The molecule has 0 spiro atoms. The van der Waals surface area contributed by atoms with Gasteiger partial charge in [0.1, 0.15) is 6.10 Å². The molecule has 1 aliphatic heterocycles. The van der Waals surface area contributed by atoms with Crippen molar-refractivity contribution in [3.63, 3.8) is 0 Å². The summed E-state index contributed by atoms with van der Waals surface area (Å²) >= 11 is 0. The van der Waals surface area contributed by atoms with E-state index >= 15 is 0 Å². The van der Waals surface area contributed by atoms with Crippen LogP contribution in [0.5, 0.6) is 0 Å². The van der Waals surface area contributed by atoms with Gasteiger partial charge in [-0.2, -0.15) is 0 Å². The molecule has 1 aliphatic carbocycles. The van der Waals surface area contributed by atoms with Crippen LogP contribution in [0.4, 0.5) is 0 Å². The number of rotatable bonds is 3. The van der Waals surface area contributed by atoms with Crippen LogP contribution in [0, 0.1) is 11.8 Å². The normalized spacial score (nSPS) is 33.5. The van der Waals surface area contributed by atoms with Crippen LogP contribution in [0.2, 0.25) is 0 Å². The summed E-state index contributed by atoms with van der Waals surface area (Å²) in [7, 11) is 0. The SMILES string of the molecule is C=C1C(=O)O[C@@H]2CC=C(CC[C@@H](C)O)[C@@H](C)C[C@@H]12. The molecular formula is C15H22O3. The van der Waals surface area contributed by atoms with Crippen LogP contribution >= 0.6 is 0 Å². The summed E-state index contributed by atoms with van der Waals surface area (Å²) in [5.41, 5.74) is 2.02. The minimum Gasteiger partial charge on any atom is -0.458 e. The largest absolute Gasteiger partial charge is 0.458 e. The molecule has 3 heteroatoms. The molecule has 3 nitrogen and oxygen atoms in total. The molecule has 0 aromatic heterocycles. The molecule has 100 valence electrons. The molecule has 0 aromatic carbocycles. The Labute approximate surface area is 109 Å². The number of hydrogen-bond donors (Lipinski definition) is 1. The van der Waals surface area contributed by atoms with Crippen LogP contribution in [0.25, 0.3) is 0 Å². The Balaban J connectivity index is 2.05. The van der Waals surface area contributed by atoms with Crippen LogP contribution in [0.1, 0.15) is 39.5 Å². The molecule has 2 aliphatic rings. The summed E-state index contributed by atoms with van der Waals surface area (Å²) < 4.78 is 5.35. The van der Waals surface area contributed by atoms with Crippen molar-refractivity contribution in [3.8, 4) is 0 Å². The van der Waals surface area contributed by atoms with E-state index < -0.39 is 0 Å². The molecule has 0 unspecified atom stereocenters. The molecule has 0 amide bonds. The van der Waals surface area contributed by atoms with Crippen molar-refractivity contribution in [1.82, 2.24) is 0 Å². The van der Waals surface area contributed by atoms with Crippen molar-refractivity contribution in [2.45, 2.75) is 51.7 Å². The van der Waals surface area contributed by atoms with Gasteiger partial charge in [0.25, 0.3) is 0 Å². The number of aliphatic hydroxyl groups excluding tert-OH is 1. The van der Waals surface area contributed by atoms with Crippen LogP contribution in [0.3, 0.4) is 0 Å². The number of esters is 1. The first kappa shape index (κ1) is 13.3. The molecule has 1 heterocycles. The maximum absolute atomic E-state index is 11.5. The predicted octanol–water partition coefficient (Wildman–Crippen LogP) is 2.60. The van der Waals surface area contributed by atoms with Crippen LogP contribution in [-0.4, -0.2) is 23.3 Å². The number of hydrogen-bond acceptors (Lipinski definition) is 3. The van der Waals surface area contributed by atoms with Crippen molar-refractivity contribution >= 4 is 5.97 Å². The molecule has 0 saturated carbocycles. The lowest BCUT2D eigenvalue weighted by Gasteiger charge is -2.18. The molecule has 2 rings (SSSR count). The fourth-order valence-electron chi connectivity index (χ4n) is 2.90. The number of carbonyl (C=O) groups is 1. The van der Waals surface area contributed by atoms with Gasteiger partial charge in [-0.25, -0.2) is 4.79 Å². The molecular weight excluding hydrogens is 228 g/mol. The first-order chi connectivity index (χ1) is 8.49. The molecule has 1 N–H and O–H groups in total. The fraction of sp³-hybridized carbons (Fsp3) is 0.667. The van der Waals surface area contributed by atoms with Crippen LogP contribution in [-0.2, 0) is 9.53 Å². The summed E-state index contributed by atoms with van der Waals surface area (Å²) in [6.45, 7) is 7.86. The quantitative estimate of drug-likeness (QED) is 0.476. The lowest BCUT2D eigenvalue weighted by atomic mass is 9.85. The Morgan fingerprint density at radius 3 is 3.00 bits per heavy atom. The minimum absolute atomic E-state index is 0.0171. The van der Waals surface area contributed by atoms with E-state index in [1.165, 1.54) is 5.57 Å². The summed E-state index contributed by atoms with van der Waals surface area (Å²) in [4.78, 5) is 11.5. The highest BCUT2D eigenvalue weighted by atomic mass is 16.6. The zero-order chi connectivity index (χ0) is 13.3. The maximum atomic E-state index is 11.5. The van der Waals surface area contributed by atoms with E-state index in [0.717, 1.165) is 25.7 Å². The van der Waals surface area contributed by atoms with Gasteiger partial charge < -0.3 is 9.84 Å². The van der Waals surface area contributed by atoms with Gasteiger partial charge in [0.2, 0.25) is 0 Å². The third-order valence-electron chi connectivity index (χ3n) is 4.12. The Kier molecular flexibility index (Phi) is 3.91. The van der Waals surface area contributed by atoms with Crippen molar-refractivity contribution in [1.29, 1.82) is 0 Å². The van der Waals surface area contributed by atoms with Gasteiger partial charge >= 0.3 is 5.97 Å². The van der Waals surface area contributed by atoms with Gasteiger partial charge in [-0.1, -0.05) is 25.2 Å². The third-order valence-corrected chi connectivity index (χ3v) is 4.12. The third kappa shape index (κ3) is 2.66. The summed E-state index contributed by atoms with van der Waals surface area (Å²) in [6.07, 6.45) is 5.37. The number of fused-ring (bicyclic) bond motifs is 1. The van der Waals surface area contributed by atoms with Crippen LogP contribution in [0.15, 0.2) is 23.8 Å². The number of ether oxygens (including phenoxy) is 1. The van der Waals surface area contributed by atoms with Crippen LogP contribution < -0.4 is 0 Å². The first-order valence-corrected chi connectivity index (χ1v) is 6.75. The monoisotopic (exact) mass is 250 g/mol. The smallest absolute Gasteiger partial charge is 0.334 e. The van der Waals surface area contributed by atoms with E-state index in [4.69, 9.17) is 4.74 Å². The zero-order valence-corrected chi connectivity index (χ0v) is 11.2. The van der Waals surface area contributed by atoms with Crippen molar-refractivity contribution in [3.05, 3.63) is 23.8 Å². The van der Waals surface area contributed by atoms with Crippen molar-refractivity contribution in [2.24, 2.45) is 11.8 Å². The van der Waals surface area contributed by atoms with E-state index in [2.05, 4.69) is 19.6 Å². The summed E-state index contributed by atoms with van der Waals surface area (Å²) in [6, 6.07) is 0. The average Bonchev–Trinajstić information content (AvgIpc) is 2.48. The molecule has 0 aromatic rings. The molecule has 18 heavy (non-hydrogen) atoms. The lowest BCUT2D eigenvalue weighted by molar-refractivity contribution is -0.139. The van der Waals surface area contributed by atoms with Gasteiger partial charge in [-0.3, -0.25) is 0 Å². The maximum Gasteiger partial charge on any atom is 0.334 e. The highest BCUT2D eigenvalue weighted by Gasteiger charge is 2.40. The zero-order valence-electron chi connectivity index (χ0n) is 11.2. The second-order valence-electron chi connectivity index (χ2n) is 5.61. The van der Waals surface area contributed by atoms with Crippen molar-refractivity contribution < 1.29 is 14.6 Å². The van der Waals surface area contributed by atoms with Gasteiger partial charge in [0, 0.05) is 17.9 Å². The number of allylic oxidation sites excluding steroid dienone is 1. The standard InChI is InChI=1S/C15H22O3/c1-9-8-13-11(3)15(17)18-14(13)7-6-12(9)5-4-10(2)16/h6,9-10,13-14,16H,3-5,7-8H2,1-2H3/t9-,10+,13-,14+/m0/s1. The Hall–Kier alpha value is -1.09. The molecule has 0 bridgehead atoms. The molecule has 1 fully saturated rings. The second kappa shape index (κ2) is 5.27. The highest BCUT2D eigenvalue weighted by Crippen LogP contribution is 2.39. The number of aliphatic hydroxyl groups is 1. The predicted molar refractivity (Wildman–Crippen MR) is 69.9 cm³/mol. The molecule has 0 radical (unpaired) electrons. The van der Waals surface area contributed by atoms with E-state index in [-0.39, 0.29) is 24.1 Å². The van der Waals surface area contributed by atoms with E-state index in [0.29, 0.717) is 11.5 Å². The van der Waals surface area contributed by atoms with Gasteiger partial charge in [-0.15, -0.1) is 0 Å². The highest BCUT2D eigenvalue weighted by molar-refractivity contribution is 5.90. The average molecular weight is 250 g/mol. The molecule has 4 atom stereocenters.